The van der Waals surface area contributed by atoms with Crippen LogP contribution in [0.25, 0.3) is 0 Å². The molecule has 5 nitrogen and oxygen atoms in total. The molecule has 0 radical (unpaired) electrons. The van der Waals surface area contributed by atoms with Crippen molar-refractivity contribution in [1.29, 1.82) is 0 Å². The Kier molecular flexibility index (Phi) is 9.04. The van der Waals surface area contributed by atoms with Crippen LogP contribution in [0.4, 0.5) is 0 Å². The maximum atomic E-state index is 6.20. The van der Waals surface area contributed by atoms with Gasteiger partial charge in [0, 0.05) is 37.4 Å². The molecule has 1 saturated carbocycles. The zero-order chi connectivity index (χ0) is 19.2. The molecule has 0 aromatic carbocycles. The van der Waals surface area contributed by atoms with E-state index in [0.717, 1.165) is 49.9 Å². The van der Waals surface area contributed by atoms with Crippen LogP contribution in [0.5, 0.6) is 0 Å². The quantitative estimate of drug-likeness (QED) is 0.329. The molecule has 4 unspecified atom stereocenters. The number of furan rings is 1. The molecule has 3 fully saturated rings. The van der Waals surface area contributed by atoms with Gasteiger partial charge >= 0.3 is 0 Å². The molecule has 4 atom stereocenters. The fraction of sp³-hybridized carbons (Fsp3) is 0.773. The Bertz CT molecular complexity index is 634. The monoisotopic (exact) mass is 533 g/mol. The summed E-state index contributed by atoms with van der Waals surface area (Å²) < 4.78 is 11.7. The van der Waals surface area contributed by atoms with Crippen molar-refractivity contribution in [2.45, 2.75) is 76.0 Å². The zero-order valence-corrected chi connectivity index (χ0v) is 20.7. The van der Waals surface area contributed by atoms with Gasteiger partial charge in [-0.15, -0.1) is 24.0 Å². The topological polar surface area (TPSA) is 58.8 Å². The van der Waals surface area contributed by atoms with Crippen LogP contribution in [-0.4, -0.2) is 48.3 Å². The third-order valence-corrected chi connectivity index (χ3v) is 7.77. The van der Waals surface area contributed by atoms with Gasteiger partial charge in [0.05, 0.1) is 11.9 Å². The minimum atomic E-state index is 0. The van der Waals surface area contributed by atoms with E-state index < -0.39 is 0 Å². The van der Waals surface area contributed by atoms with Crippen LogP contribution < -0.4 is 10.6 Å². The Balaban J connectivity index is 0.00000240. The van der Waals surface area contributed by atoms with Gasteiger partial charge in [-0.3, -0.25) is 4.99 Å². The highest BCUT2D eigenvalue weighted by Crippen LogP contribution is 2.38. The lowest BCUT2D eigenvalue weighted by atomic mass is 9.86. The lowest BCUT2D eigenvalue weighted by Gasteiger charge is -2.39. The van der Waals surface area contributed by atoms with Crippen LogP contribution in [-0.2, 0) is 11.2 Å². The van der Waals surface area contributed by atoms with Crippen molar-refractivity contribution in [2.24, 2.45) is 10.9 Å². The second-order valence-corrected chi connectivity index (χ2v) is 9.85. The maximum absolute atomic E-state index is 6.20. The number of thioether (sulfide) groups is 1. The van der Waals surface area contributed by atoms with Gasteiger partial charge < -0.3 is 19.8 Å². The molecule has 0 bridgehead atoms. The maximum Gasteiger partial charge on any atom is 0.191 e. The van der Waals surface area contributed by atoms with Gasteiger partial charge in [-0.2, -0.15) is 11.8 Å². The van der Waals surface area contributed by atoms with E-state index in [1.807, 2.05) is 23.9 Å². The van der Waals surface area contributed by atoms with Crippen LogP contribution in [0.3, 0.4) is 0 Å². The van der Waals surface area contributed by atoms with E-state index >= 15 is 0 Å². The van der Waals surface area contributed by atoms with Gasteiger partial charge in [-0.1, -0.05) is 19.8 Å². The Hall–Kier alpha value is -0.410. The minimum Gasteiger partial charge on any atom is -0.469 e. The number of ether oxygens (including phenoxy) is 1. The summed E-state index contributed by atoms with van der Waals surface area (Å²) in [6.45, 7) is 3.97. The van der Waals surface area contributed by atoms with E-state index in [1.54, 1.807) is 6.26 Å². The van der Waals surface area contributed by atoms with Crippen LogP contribution in [0, 0.1) is 5.92 Å². The standard InChI is InChI=1S/C22H35N3O2S.HI/c1-17-5-2-3-7-20(17)25-21(23-11-8-19-6-4-12-26-19)24-18-9-13-27-22(15-18)10-14-28-16-22;/h4,6,12,17-18,20H,2-3,5,7-11,13-16H2,1H3,(H2,23,24,25);1H. The summed E-state index contributed by atoms with van der Waals surface area (Å²) in [4.78, 5) is 4.92. The molecule has 1 aliphatic carbocycles. The van der Waals surface area contributed by atoms with Crippen molar-refractivity contribution in [2.75, 3.05) is 24.7 Å². The van der Waals surface area contributed by atoms with E-state index in [0.29, 0.717) is 18.0 Å². The molecule has 2 aliphatic heterocycles. The van der Waals surface area contributed by atoms with Crippen molar-refractivity contribution in [3.63, 3.8) is 0 Å². The second kappa shape index (κ2) is 11.3. The number of aliphatic imine (C=N–C) groups is 1. The van der Waals surface area contributed by atoms with Crippen LogP contribution in [0.15, 0.2) is 27.8 Å². The molecule has 4 rings (SSSR count). The predicted molar refractivity (Wildman–Crippen MR) is 131 cm³/mol. The minimum absolute atomic E-state index is 0. The Labute approximate surface area is 196 Å². The van der Waals surface area contributed by atoms with Crippen molar-refractivity contribution >= 4 is 41.7 Å². The van der Waals surface area contributed by atoms with E-state index in [4.69, 9.17) is 14.1 Å². The fourth-order valence-electron chi connectivity index (χ4n) is 4.78. The molecule has 1 aromatic rings. The van der Waals surface area contributed by atoms with Crippen molar-refractivity contribution in [3.05, 3.63) is 24.2 Å². The smallest absolute Gasteiger partial charge is 0.191 e. The highest BCUT2D eigenvalue weighted by Gasteiger charge is 2.40. The zero-order valence-electron chi connectivity index (χ0n) is 17.5. The first-order valence-corrected chi connectivity index (χ1v) is 12.2. The van der Waals surface area contributed by atoms with Gasteiger partial charge in [0.2, 0.25) is 0 Å². The van der Waals surface area contributed by atoms with Gasteiger partial charge in [0.25, 0.3) is 0 Å². The van der Waals surface area contributed by atoms with E-state index in [1.165, 1.54) is 37.9 Å². The van der Waals surface area contributed by atoms with Gasteiger partial charge in [-0.05, 0) is 55.9 Å². The molecule has 164 valence electrons. The molecule has 1 spiro atoms. The molecule has 0 amide bonds. The molecule has 3 aliphatic rings. The molecule has 2 saturated heterocycles. The molecule has 3 heterocycles. The second-order valence-electron chi connectivity index (χ2n) is 8.74. The summed E-state index contributed by atoms with van der Waals surface area (Å²) in [7, 11) is 0. The van der Waals surface area contributed by atoms with Crippen molar-refractivity contribution in [3.8, 4) is 0 Å². The molecule has 2 N–H and O–H groups in total. The average Bonchev–Trinajstić information content (AvgIpc) is 3.36. The molecule has 1 aromatic heterocycles. The number of nitrogens with one attached hydrogen (secondary N) is 2. The number of nitrogens with zero attached hydrogens (tertiary/aromatic N) is 1. The van der Waals surface area contributed by atoms with Gasteiger partial charge in [-0.25, -0.2) is 0 Å². The Morgan fingerprint density at radius 3 is 2.93 bits per heavy atom. The van der Waals surface area contributed by atoms with Crippen molar-refractivity contribution < 1.29 is 9.15 Å². The summed E-state index contributed by atoms with van der Waals surface area (Å²) in [5, 5.41) is 7.55. The Morgan fingerprint density at radius 1 is 1.28 bits per heavy atom. The SMILES string of the molecule is CC1CCCCC1NC(=NCCc1ccco1)NC1CCOC2(CCSC2)C1.I. The van der Waals surface area contributed by atoms with E-state index in [9.17, 15) is 0 Å². The largest absolute Gasteiger partial charge is 0.469 e. The van der Waals surface area contributed by atoms with Gasteiger partial charge in [0.15, 0.2) is 5.96 Å². The van der Waals surface area contributed by atoms with Crippen LogP contribution in [0.2, 0.25) is 0 Å². The number of hydrogen-bond donors (Lipinski definition) is 2. The first-order valence-electron chi connectivity index (χ1n) is 11.0. The normalized spacial score (nSPS) is 32.7. The first kappa shape index (κ1) is 23.3. The van der Waals surface area contributed by atoms with Crippen molar-refractivity contribution in [1.82, 2.24) is 10.6 Å². The molecule has 7 heteroatoms. The summed E-state index contributed by atoms with van der Waals surface area (Å²) in [6, 6.07) is 4.95. The number of halogens is 1. The number of hydrogen-bond acceptors (Lipinski definition) is 4. The summed E-state index contributed by atoms with van der Waals surface area (Å²) in [6.07, 6.45) is 11.2. The fourth-order valence-corrected chi connectivity index (χ4v) is 6.16. The third kappa shape index (κ3) is 6.53. The molecule has 29 heavy (non-hydrogen) atoms. The van der Waals surface area contributed by atoms with E-state index in [2.05, 4.69) is 17.6 Å². The van der Waals surface area contributed by atoms with Crippen LogP contribution in [0.1, 0.15) is 57.6 Å². The van der Waals surface area contributed by atoms with Crippen LogP contribution >= 0.6 is 35.7 Å². The number of guanidine groups is 1. The Morgan fingerprint density at radius 2 is 2.17 bits per heavy atom. The lowest BCUT2D eigenvalue weighted by Crippen LogP contribution is -2.54. The van der Waals surface area contributed by atoms with Gasteiger partial charge in [0.1, 0.15) is 5.76 Å². The highest BCUT2D eigenvalue weighted by atomic mass is 127. The lowest BCUT2D eigenvalue weighted by molar-refractivity contribution is -0.0679. The third-order valence-electron chi connectivity index (χ3n) is 6.54. The number of rotatable bonds is 5. The molecular formula is C22H36IN3O2S. The summed E-state index contributed by atoms with van der Waals surface area (Å²) in [5.41, 5.74) is 0.0952. The first-order chi connectivity index (χ1) is 13.7. The average molecular weight is 534 g/mol. The highest BCUT2D eigenvalue weighted by molar-refractivity contribution is 14.0. The summed E-state index contributed by atoms with van der Waals surface area (Å²) in [5.74, 6) is 5.07. The predicted octanol–water partition coefficient (Wildman–Crippen LogP) is 4.61. The van der Waals surface area contributed by atoms with E-state index in [-0.39, 0.29) is 29.6 Å². The molecular weight excluding hydrogens is 497 g/mol. The summed E-state index contributed by atoms with van der Waals surface area (Å²) >= 11 is 2.03.